The van der Waals surface area contributed by atoms with Crippen molar-refractivity contribution in [3.05, 3.63) is 60.5 Å². The number of nitrogens with one attached hydrogen (secondary N) is 1. The van der Waals surface area contributed by atoms with Gasteiger partial charge in [0.25, 0.3) is 5.56 Å². The topological polar surface area (TPSA) is 72.0 Å². The van der Waals surface area contributed by atoms with Crippen molar-refractivity contribution in [3.63, 3.8) is 0 Å². The Hall–Kier alpha value is -2.26. The second-order valence-electron chi connectivity index (χ2n) is 5.85. The van der Waals surface area contributed by atoms with Crippen molar-refractivity contribution in [2.24, 2.45) is 0 Å². The Balaban J connectivity index is 1.73. The van der Waals surface area contributed by atoms with Crippen LogP contribution in [0.3, 0.4) is 0 Å². The summed E-state index contributed by atoms with van der Waals surface area (Å²) in [5, 5.41) is 4.80. The minimum Gasteiger partial charge on any atom is -0.465 e. The van der Waals surface area contributed by atoms with Crippen LogP contribution in [0.4, 0.5) is 0 Å². The molecule has 4 aromatic heterocycles. The number of thiophene rings is 3. The van der Waals surface area contributed by atoms with E-state index in [1.165, 1.54) is 12.0 Å². The van der Waals surface area contributed by atoms with Crippen LogP contribution < -0.4 is 5.56 Å². The summed E-state index contributed by atoms with van der Waals surface area (Å²) >= 11 is 10.8. The fourth-order valence-electron chi connectivity index (χ4n) is 2.74. The molecular weight excluding hydrogens is 436 g/mol. The number of hydrogen-bond donors (Lipinski definition) is 1. The molecule has 0 saturated heterocycles. The largest absolute Gasteiger partial charge is 0.465 e. The molecule has 5 nitrogen and oxygen atoms in total. The molecule has 0 radical (unpaired) electrons. The predicted octanol–water partition coefficient (Wildman–Crippen LogP) is 5.61. The van der Waals surface area contributed by atoms with Crippen LogP contribution in [0, 0.1) is 6.92 Å². The van der Waals surface area contributed by atoms with E-state index in [9.17, 15) is 9.59 Å². The quantitative estimate of drug-likeness (QED) is 0.412. The Morgan fingerprint density at radius 2 is 2.18 bits per heavy atom. The molecule has 0 aromatic carbocycles. The van der Waals surface area contributed by atoms with Gasteiger partial charge in [0.1, 0.15) is 9.71 Å². The predicted molar refractivity (Wildman–Crippen MR) is 118 cm³/mol. The number of hydrogen-bond acceptors (Lipinski definition) is 7. The second kappa shape index (κ2) is 7.63. The van der Waals surface area contributed by atoms with Gasteiger partial charge in [0.15, 0.2) is 5.82 Å². The SMILES string of the molecule is COC(=O)c1sc2nc(/C(Cl)=C\c3cc(-c4cccs4)cs3)[nH]c(=O)c2c1C. The maximum Gasteiger partial charge on any atom is 0.348 e. The molecule has 0 bridgehead atoms. The number of ether oxygens (including phenoxy) is 1. The van der Waals surface area contributed by atoms with E-state index in [0.29, 0.717) is 25.7 Å². The van der Waals surface area contributed by atoms with Crippen molar-refractivity contribution >= 4 is 72.9 Å². The Morgan fingerprint density at radius 3 is 2.89 bits per heavy atom. The third-order valence-electron chi connectivity index (χ3n) is 4.09. The molecule has 0 saturated carbocycles. The number of fused-ring (bicyclic) bond motifs is 1. The van der Waals surface area contributed by atoms with E-state index in [0.717, 1.165) is 21.8 Å². The smallest absolute Gasteiger partial charge is 0.348 e. The number of aryl methyl sites for hydroxylation is 1. The van der Waals surface area contributed by atoms with Crippen LogP contribution in [0.5, 0.6) is 0 Å². The van der Waals surface area contributed by atoms with E-state index in [-0.39, 0.29) is 11.4 Å². The first kappa shape index (κ1) is 19.1. The van der Waals surface area contributed by atoms with Gasteiger partial charge in [0.05, 0.1) is 17.5 Å². The van der Waals surface area contributed by atoms with E-state index < -0.39 is 5.97 Å². The van der Waals surface area contributed by atoms with Crippen molar-refractivity contribution in [3.8, 4) is 10.4 Å². The minimum absolute atomic E-state index is 0.267. The molecule has 0 aliphatic heterocycles. The number of methoxy groups -OCH3 is 1. The molecule has 4 rings (SSSR count). The van der Waals surface area contributed by atoms with Crippen LogP contribution in [0.15, 0.2) is 33.8 Å². The lowest BCUT2D eigenvalue weighted by molar-refractivity contribution is 0.0605. The molecule has 0 spiro atoms. The Labute approximate surface area is 176 Å². The maximum absolute atomic E-state index is 12.5. The van der Waals surface area contributed by atoms with Crippen LogP contribution in [-0.4, -0.2) is 23.0 Å². The zero-order valence-electron chi connectivity index (χ0n) is 14.7. The molecule has 4 heterocycles. The molecule has 0 fully saturated rings. The number of aromatic amines is 1. The van der Waals surface area contributed by atoms with Gasteiger partial charge >= 0.3 is 5.97 Å². The third-order valence-corrected chi connectivity index (χ3v) is 7.34. The number of carbonyl (C=O) groups is 1. The monoisotopic (exact) mass is 448 g/mol. The molecule has 28 heavy (non-hydrogen) atoms. The highest BCUT2D eigenvalue weighted by atomic mass is 35.5. The molecule has 9 heteroatoms. The van der Waals surface area contributed by atoms with Gasteiger partial charge in [-0.25, -0.2) is 9.78 Å². The molecule has 0 aliphatic rings. The zero-order chi connectivity index (χ0) is 19.8. The summed E-state index contributed by atoms with van der Waals surface area (Å²) in [5.41, 5.74) is 1.36. The Kier molecular flexibility index (Phi) is 5.20. The van der Waals surface area contributed by atoms with Gasteiger partial charge in [-0.3, -0.25) is 4.79 Å². The first-order valence-electron chi connectivity index (χ1n) is 8.09. The lowest BCUT2D eigenvalue weighted by Gasteiger charge is -1.99. The molecule has 0 atom stereocenters. The molecule has 0 unspecified atom stereocenters. The lowest BCUT2D eigenvalue weighted by atomic mass is 10.2. The normalized spacial score (nSPS) is 11.9. The Morgan fingerprint density at radius 1 is 1.36 bits per heavy atom. The number of H-pyrrole nitrogens is 1. The second-order valence-corrected chi connectivity index (χ2v) is 9.15. The van der Waals surface area contributed by atoms with Crippen LogP contribution in [0.1, 0.15) is 25.9 Å². The van der Waals surface area contributed by atoms with Gasteiger partial charge in [-0.1, -0.05) is 17.7 Å². The van der Waals surface area contributed by atoms with E-state index in [2.05, 4.69) is 21.4 Å². The molecule has 1 N–H and O–H groups in total. The number of nitrogens with zero attached hydrogens (tertiary/aromatic N) is 1. The van der Waals surface area contributed by atoms with Crippen molar-refractivity contribution in [2.45, 2.75) is 6.92 Å². The lowest BCUT2D eigenvalue weighted by Crippen LogP contribution is -2.10. The fourth-order valence-corrected chi connectivity index (χ4v) is 5.74. The van der Waals surface area contributed by atoms with Gasteiger partial charge in [-0.15, -0.1) is 34.0 Å². The van der Waals surface area contributed by atoms with Gasteiger partial charge < -0.3 is 9.72 Å². The van der Waals surface area contributed by atoms with E-state index >= 15 is 0 Å². The van der Waals surface area contributed by atoms with Crippen LogP contribution in [0.25, 0.3) is 31.8 Å². The molecule has 0 amide bonds. The fraction of sp³-hybridized carbons (Fsp3) is 0.105. The molecule has 4 aromatic rings. The van der Waals surface area contributed by atoms with Gasteiger partial charge in [0.2, 0.25) is 0 Å². The summed E-state index contributed by atoms with van der Waals surface area (Å²) in [4.78, 5) is 34.5. The van der Waals surface area contributed by atoms with Crippen LogP contribution in [-0.2, 0) is 4.74 Å². The van der Waals surface area contributed by atoms with Crippen LogP contribution in [0.2, 0.25) is 0 Å². The van der Waals surface area contributed by atoms with E-state index in [1.807, 2.05) is 17.5 Å². The highest BCUT2D eigenvalue weighted by molar-refractivity contribution is 7.20. The minimum atomic E-state index is -0.484. The summed E-state index contributed by atoms with van der Waals surface area (Å²) in [5.74, 6) is -0.217. The van der Waals surface area contributed by atoms with Crippen molar-refractivity contribution < 1.29 is 9.53 Å². The number of rotatable bonds is 4. The highest BCUT2D eigenvalue weighted by Gasteiger charge is 2.20. The van der Waals surface area contributed by atoms with Crippen molar-refractivity contribution in [1.82, 2.24) is 9.97 Å². The summed E-state index contributed by atoms with van der Waals surface area (Å²) in [6.07, 6.45) is 1.77. The Bertz CT molecular complexity index is 1270. The zero-order valence-corrected chi connectivity index (χ0v) is 17.9. The average molecular weight is 449 g/mol. The van der Waals surface area contributed by atoms with Gasteiger partial charge in [-0.2, -0.15) is 0 Å². The average Bonchev–Trinajstić information content (AvgIpc) is 3.41. The van der Waals surface area contributed by atoms with Gasteiger partial charge in [-0.05, 0) is 41.5 Å². The van der Waals surface area contributed by atoms with Crippen molar-refractivity contribution in [1.29, 1.82) is 0 Å². The van der Waals surface area contributed by atoms with Gasteiger partial charge in [0, 0.05) is 15.3 Å². The standard InChI is InChI=1S/C19H13ClN2O3S3/c1-9-14-17(23)21-16(22-18(14)28-15(9)19(24)25-2)12(20)7-11-6-10(8-27-11)13-4-3-5-26-13/h3-8H,1-2H3,(H,21,22,23)/b12-7+. The number of esters is 1. The van der Waals surface area contributed by atoms with E-state index in [4.69, 9.17) is 16.3 Å². The highest BCUT2D eigenvalue weighted by Crippen LogP contribution is 2.32. The molecule has 0 aliphatic carbocycles. The summed E-state index contributed by atoms with van der Waals surface area (Å²) in [7, 11) is 1.31. The summed E-state index contributed by atoms with van der Waals surface area (Å²) < 4.78 is 4.77. The third kappa shape index (κ3) is 3.44. The van der Waals surface area contributed by atoms with Crippen molar-refractivity contribution in [2.75, 3.05) is 7.11 Å². The number of carbonyl (C=O) groups excluding carboxylic acids is 1. The summed E-state index contributed by atoms with van der Waals surface area (Å²) in [6.45, 7) is 1.71. The maximum atomic E-state index is 12.5. The molecule has 142 valence electrons. The first-order chi connectivity index (χ1) is 13.5. The summed E-state index contributed by atoms with van der Waals surface area (Å²) in [6, 6.07) is 6.11. The number of halogens is 1. The van der Waals surface area contributed by atoms with Crippen LogP contribution >= 0.6 is 45.6 Å². The first-order valence-corrected chi connectivity index (χ1v) is 11.0. The number of aromatic nitrogens is 2. The van der Waals surface area contributed by atoms with E-state index in [1.54, 1.807) is 35.7 Å². The molecular formula is C19H13ClN2O3S3.